The van der Waals surface area contributed by atoms with Crippen LogP contribution in [0.5, 0.6) is 0 Å². The lowest BCUT2D eigenvalue weighted by atomic mass is 9.95. The molecule has 24 heavy (non-hydrogen) atoms. The van der Waals surface area contributed by atoms with Crippen LogP contribution >= 0.6 is 0 Å². The van der Waals surface area contributed by atoms with E-state index in [0.717, 1.165) is 25.3 Å². The van der Waals surface area contributed by atoms with Gasteiger partial charge in [0.05, 0.1) is 23.8 Å². The van der Waals surface area contributed by atoms with Gasteiger partial charge in [-0.3, -0.25) is 9.58 Å². The van der Waals surface area contributed by atoms with E-state index in [4.69, 9.17) is 0 Å². The first-order chi connectivity index (χ1) is 11.7. The Morgan fingerprint density at radius 2 is 1.92 bits per heavy atom. The van der Waals surface area contributed by atoms with Crippen LogP contribution in [0.3, 0.4) is 0 Å². The van der Waals surface area contributed by atoms with E-state index in [9.17, 15) is 0 Å². The van der Waals surface area contributed by atoms with Gasteiger partial charge in [0.25, 0.3) is 0 Å². The predicted molar refractivity (Wildman–Crippen MR) is 95.0 cm³/mol. The normalized spacial score (nSPS) is 23.2. The molecule has 0 spiro atoms. The number of hydrogen-bond donors (Lipinski definition) is 0. The van der Waals surface area contributed by atoms with Crippen LogP contribution in [-0.2, 0) is 6.54 Å². The van der Waals surface area contributed by atoms with Gasteiger partial charge in [-0.25, -0.2) is 4.98 Å². The van der Waals surface area contributed by atoms with Crippen molar-refractivity contribution in [2.45, 2.75) is 71.0 Å². The highest BCUT2D eigenvalue weighted by molar-refractivity contribution is 5.09. The Bertz CT molecular complexity index is 680. The van der Waals surface area contributed by atoms with Crippen LogP contribution in [0.1, 0.15) is 67.7 Å². The van der Waals surface area contributed by atoms with E-state index in [1.165, 1.54) is 49.9 Å². The third-order valence-electron chi connectivity index (χ3n) is 5.74. The van der Waals surface area contributed by atoms with E-state index in [1.807, 2.05) is 0 Å². The van der Waals surface area contributed by atoms with Crippen LogP contribution in [-0.4, -0.2) is 37.3 Å². The van der Waals surface area contributed by atoms with Gasteiger partial charge in [-0.15, -0.1) is 0 Å². The Kier molecular flexibility index (Phi) is 4.44. The van der Waals surface area contributed by atoms with Crippen molar-refractivity contribution in [2.75, 3.05) is 13.1 Å². The summed E-state index contributed by atoms with van der Waals surface area (Å²) in [7, 11) is 0. The number of aromatic nitrogens is 4. The van der Waals surface area contributed by atoms with Crippen LogP contribution < -0.4 is 0 Å². The van der Waals surface area contributed by atoms with Gasteiger partial charge in [0.1, 0.15) is 0 Å². The molecule has 0 unspecified atom stereocenters. The van der Waals surface area contributed by atoms with Gasteiger partial charge in [-0.1, -0.05) is 19.3 Å². The fourth-order valence-corrected chi connectivity index (χ4v) is 4.54. The maximum absolute atomic E-state index is 4.69. The van der Waals surface area contributed by atoms with E-state index in [-0.39, 0.29) is 0 Å². The molecule has 1 aliphatic heterocycles. The number of nitrogens with zero attached hydrogens (tertiary/aromatic N) is 5. The molecule has 5 heteroatoms. The summed E-state index contributed by atoms with van der Waals surface area (Å²) >= 11 is 0. The highest BCUT2D eigenvalue weighted by atomic mass is 15.3. The summed E-state index contributed by atoms with van der Waals surface area (Å²) in [5, 5.41) is 4.69. The molecule has 1 atom stereocenters. The second-order valence-corrected chi connectivity index (χ2v) is 7.63. The van der Waals surface area contributed by atoms with Crippen LogP contribution in [0.4, 0.5) is 0 Å². The summed E-state index contributed by atoms with van der Waals surface area (Å²) in [5.74, 6) is 0. The van der Waals surface area contributed by atoms with Gasteiger partial charge in [-0.05, 0) is 39.2 Å². The molecule has 5 nitrogen and oxygen atoms in total. The summed E-state index contributed by atoms with van der Waals surface area (Å²) < 4.78 is 4.68. The fourth-order valence-electron chi connectivity index (χ4n) is 4.54. The lowest BCUT2D eigenvalue weighted by Crippen LogP contribution is -2.24. The molecule has 2 fully saturated rings. The second-order valence-electron chi connectivity index (χ2n) is 7.63. The van der Waals surface area contributed by atoms with Gasteiger partial charge >= 0.3 is 0 Å². The average Bonchev–Trinajstić information content (AvgIpc) is 3.29. The van der Waals surface area contributed by atoms with E-state index in [2.05, 4.69) is 56.7 Å². The van der Waals surface area contributed by atoms with Gasteiger partial charge in [0.15, 0.2) is 0 Å². The zero-order valence-corrected chi connectivity index (χ0v) is 15.0. The first-order valence-electron chi connectivity index (χ1n) is 9.46. The van der Waals surface area contributed by atoms with Crippen LogP contribution in [0.15, 0.2) is 18.6 Å². The Balaban J connectivity index is 1.42. The molecule has 2 aliphatic rings. The lowest BCUT2D eigenvalue weighted by molar-refractivity contribution is 0.286. The smallest absolute Gasteiger partial charge is 0.0951 e. The molecule has 0 bridgehead atoms. The van der Waals surface area contributed by atoms with Crippen molar-refractivity contribution in [2.24, 2.45) is 0 Å². The maximum atomic E-state index is 4.69. The molecule has 2 aromatic rings. The SMILES string of the molecule is Cc1cc(C)n([C@H]2CCN(Cc3cncn3C3CCCCC3)C2)n1. The maximum Gasteiger partial charge on any atom is 0.0951 e. The second kappa shape index (κ2) is 6.71. The van der Waals surface area contributed by atoms with Crippen LogP contribution in [0.25, 0.3) is 0 Å². The molecular weight excluding hydrogens is 298 g/mol. The van der Waals surface area contributed by atoms with Gasteiger partial charge in [0, 0.05) is 37.6 Å². The van der Waals surface area contributed by atoms with Crippen molar-refractivity contribution in [3.63, 3.8) is 0 Å². The predicted octanol–water partition coefficient (Wildman–Crippen LogP) is 3.65. The minimum absolute atomic E-state index is 0.518. The van der Waals surface area contributed by atoms with Crippen molar-refractivity contribution in [3.05, 3.63) is 35.7 Å². The molecule has 1 aliphatic carbocycles. The number of rotatable bonds is 4. The Labute approximate surface area is 144 Å². The number of aryl methyl sites for hydroxylation is 2. The number of likely N-dealkylation sites (tertiary alicyclic amines) is 1. The van der Waals surface area contributed by atoms with E-state index < -0.39 is 0 Å². The third-order valence-corrected chi connectivity index (χ3v) is 5.74. The Morgan fingerprint density at radius 3 is 2.67 bits per heavy atom. The molecule has 130 valence electrons. The summed E-state index contributed by atoms with van der Waals surface area (Å²) in [6, 6.07) is 3.37. The largest absolute Gasteiger partial charge is 0.330 e. The van der Waals surface area contributed by atoms with Gasteiger partial charge in [0.2, 0.25) is 0 Å². The molecular formula is C19H29N5. The van der Waals surface area contributed by atoms with Crippen molar-refractivity contribution < 1.29 is 0 Å². The minimum atomic E-state index is 0.518. The molecule has 0 amide bonds. The monoisotopic (exact) mass is 327 g/mol. The topological polar surface area (TPSA) is 38.9 Å². The first kappa shape index (κ1) is 15.9. The van der Waals surface area contributed by atoms with E-state index >= 15 is 0 Å². The number of hydrogen-bond acceptors (Lipinski definition) is 3. The summed E-state index contributed by atoms with van der Waals surface area (Å²) in [5.41, 5.74) is 3.80. The fraction of sp³-hybridized carbons (Fsp3) is 0.684. The molecule has 0 N–H and O–H groups in total. The van der Waals surface area contributed by atoms with Crippen molar-refractivity contribution in [1.29, 1.82) is 0 Å². The zero-order chi connectivity index (χ0) is 16.5. The van der Waals surface area contributed by atoms with Crippen molar-refractivity contribution in [1.82, 2.24) is 24.2 Å². The molecule has 1 saturated carbocycles. The summed E-state index contributed by atoms with van der Waals surface area (Å²) in [6.45, 7) is 7.52. The van der Waals surface area contributed by atoms with E-state index in [1.54, 1.807) is 0 Å². The molecule has 3 heterocycles. The van der Waals surface area contributed by atoms with Crippen LogP contribution in [0.2, 0.25) is 0 Å². The van der Waals surface area contributed by atoms with Crippen molar-refractivity contribution in [3.8, 4) is 0 Å². The molecule has 0 aromatic carbocycles. The third kappa shape index (κ3) is 3.14. The highest BCUT2D eigenvalue weighted by Crippen LogP contribution is 2.30. The number of imidazole rings is 1. The first-order valence-corrected chi connectivity index (χ1v) is 9.46. The highest BCUT2D eigenvalue weighted by Gasteiger charge is 2.27. The molecule has 4 rings (SSSR count). The molecule has 0 radical (unpaired) electrons. The standard InChI is InChI=1S/C19H29N5/c1-15-10-16(2)24(21-15)18-8-9-22(12-18)13-19-11-20-14-23(19)17-6-4-3-5-7-17/h10-11,14,17-18H,3-9,12-13H2,1-2H3/t18-/m0/s1. The van der Waals surface area contributed by atoms with Gasteiger partial charge in [-0.2, -0.15) is 5.10 Å². The Hall–Kier alpha value is -1.62. The summed E-state index contributed by atoms with van der Waals surface area (Å²) in [6.07, 6.45) is 12.1. The van der Waals surface area contributed by atoms with E-state index in [0.29, 0.717) is 12.1 Å². The van der Waals surface area contributed by atoms with Crippen molar-refractivity contribution >= 4 is 0 Å². The average molecular weight is 327 g/mol. The van der Waals surface area contributed by atoms with Crippen LogP contribution in [0, 0.1) is 13.8 Å². The zero-order valence-electron chi connectivity index (χ0n) is 15.0. The van der Waals surface area contributed by atoms with Gasteiger partial charge < -0.3 is 4.57 Å². The summed E-state index contributed by atoms with van der Waals surface area (Å²) in [4.78, 5) is 7.02. The minimum Gasteiger partial charge on any atom is -0.330 e. The quantitative estimate of drug-likeness (QED) is 0.860. The molecule has 1 saturated heterocycles. The molecule has 2 aromatic heterocycles. The lowest BCUT2D eigenvalue weighted by Gasteiger charge is -2.26. The Morgan fingerprint density at radius 1 is 1.08 bits per heavy atom.